The summed E-state index contributed by atoms with van der Waals surface area (Å²) in [5.74, 6) is -0.618. The van der Waals surface area contributed by atoms with Crippen LogP contribution >= 0.6 is 0 Å². The maximum atomic E-state index is 14.8. The Morgan fingerprint density at radius 1 is 0.774 bits per heavy atom. The molecule has 158 valence electrons. The highest BCUT2D eigenvalue weighted by Gasteiger charge is 2.19. The van der Waals surface area contributed by atoms with Gasteiger partial charge in [-0.25, -0.2) is 8.78 Å². The molecule has 0 radical (unpaired) electrons. The Kier molecular flexibility index (Phi) is 6.47. The first-order chi connectivity index (χ1) is 15.1. The maximum Gasteiger partial charge on any atom is 0.141 e. The van der Waals surface area contributed by atoms with Crippen LogP contribution in [0.1, 0.15) is 61.3 Å². The van der Waals surface area contributed by atoms with E-state index in [-0.39, 0.29) is 11.4 Å². The summed E-state index contributed by atoms with van der Waals surface area (Å²) in [6, 6.07) is 16.4. The Labute approximate surface area is 183 Å². The molecule has 0 N–H and O–H groups in total. The van der Waals surface area contributed by atoms with Crippen LogP contribution in [0, 0.1) is 23.0 Å². The summed E-state index contributed by atoms with van der Waals surface area (Å²) in [6.07, 6.45) is 8.46. The minimum Gasteiger partial charge on any atom is -0.207 e. The molecule has 0 amide bonds. The fourth-order valence-corrected chi connectivity index (χ4v) is 4.53. The van der Waals surface area contributed by atoms with Crippen LogP contribution in [0.15, 0.2) is 48.5 Å². The first-order valence-corrected chi connectivity index (χ1v) is 11.3. The van der Waals surface area contributed by atoms with Gasteiger partial charge in [-0.15, -0.1) is 0 Å². The molecule has 3 aromatic carbocycles. The van der Waals surface area contributed by atoms with Crippen LogP contribution in [0.2, 0.25) is 0 Å². The van der Waals surface area contributed by atoms with Gasteiger partial charge >= 0.3 is 0 Å². The number of nitriles is 1. The number of unbranched alkanes of at least 4 members (excludes halogenated alkanes) is 4. The van der Waals surface area contributed by atoms with E-state index < -0.39 is 5.82 Å². The van der Waals surface area contributed by atoms with Crippen LogP contribution in [-0.4, -0.2) is 0 Å². The third-order valence-corrected chi connectivity index (χ3v) is 6.30. The smallest absolute Gasteiger partial charge is 0.141 e. The Morgan fingerprint density at radius 2 is 1.48 bits per heavy atom. The van der Waals surface area contributed by atoms with Crippen molar-refractivity contribution in [2.75, 3.05) is 0 Å². The summed E-state index contributed by atoms with van der Waals surface area (Å²) in [6.45, 7) is 2.20. The van der Waals surface area contributed by atoms with Crippen LogP contribution in [-0.2, 0) is 19.3 Å². The van der Waals surface area contributed by atoms with Gasteiger partial charge in [-0.05, 0) is 82.8 Å². The molecule has 4 rings (SSSR count). The normalized spacial score (nSPS) is 12.2. The predicted molar refractivity (Wildman–Crippen MR) is 122 cm³/mol. The van der Waals surface area contributed by atoms with Crippen molar-refractivity contribution in [1.29, 1.82) is 5.26 Å². The lowest BCUT2D eigenvalue weighted by molar-refractivity contribution is 0.587. The first kappa shape index (κ1) is 21.2. The number of fused-ring (bicyclic) bond motifs is 3. The van der Waals surface area contributed by atoms with Crippen molar-refractivity contribution in [2.24, 2.45) is 0 Å². The number of aryl methyl sites for hydroxylation is 3. The lowest BCUT2D eigenvalue weighted by Crippen LogP contribution is -2.06. The highest BCUT2D eigenvalue weighted by atomic mass is 19.1. The summed E-state index contributed by atoms with van der Waals surface area (Å²) in [5, 5.41) is 8.93. The van der Waals surface area contributed by atoms with Gasteiger partial charge in [0.15, 0.2) is 0 Å². The van der Waals surface area contributed by atoms with E-state index in [1.807, 2.05) is 18.2 Å². The van der Waals surface area contributed by atoms with Crippen molar-refractivity contribution < 1.29 is 8.78 Å². The number of hydrogen-bond acceptors (Lipinski definition) is 1. The van der Waals surface area contributed by atoms with Crippen LogP contribution in [0.25, 0.3) is 22.3 Å². The van der Waals surface area contributed by atoms with Gasteiger partial charge in [0.05, 0.1) is 5.56 Å². The third kappa shape index (κ3) is 4.54. The SMILES string of the molecule is CCCCCCCc1cc2c(cc1F)-c1ccc(-c3ccc(C#N)c(F)c3)cc1CC2. The van der Waals surface area contributed by atoms with Gasteiger partial charge in [-0.1, -0.05) is 62.9 Å². The molecule has 0 bridgehead atoms. The van der Waals surface area contributed by atoms with E-state index >= 15 is 0 Å². The van der Waals surface area contributed by atoms with Gasteiger partial charge in [-0.2, -0.15) is 5.26 Å². The second-order valence-corrected chi connectivity index (χ2v) is 8.44. The highest BCUT2D eigenvalue weighted by Crippen LogP contribution is 2.37. The van der Waals surface area contributed by atoms with Crippen LogP contribution in [0.5, 0.6) is 0 Å². The first-order valence-electron chi connectivity index (χ1n) is 11.3. The summed E-state index contributed by atoms with van der Waals surface area (Å²) in [5.41, 5.74) is 6.95. The second kappa shape index (κ2) is 9.43. The molecule has 0 aromatic heterocycles. The molecule has 0 atom stereocenters. The molecule has 31 heavy (non-hydrogen) atoms. The Balaban J connectivity index is 1.58. The van der Waals surface area contributed by atoms with Crippen molar-refractivity contribution in [2.45, 2.75) is 58.3 Å². The minimum absolute atomic E-state index is 0.0484. The van der Waals surface area contributed by atoms with Gasteiger partial charge in [0.25, 0.3) is 0 Å². The molecule has 0 spiro atoms. The zero-order chi connectivity index (χ0) is 21.8. The largest absolute Gasteiger partial charge is 0.207 e. The average Bonchev–Trinajstić information content (AvgIpc) is 2.78. The molecule has 0 saturated carbocycles. The molecular weight excluding hydrogens is 388 g/mol. The van der Waals surface area contributed by atoms with Crippen LogP contribution in [0.4, 0.5) is 8.78 Å². The molecule has 1 nitrogen and oxygen atoms in total. The van der Waals surface area contributed by atoms with Crippen LogP contribution < -0.4 is 0 Å². The van der Waals surface area contributed by atoms with Crippen LogP contribution in [0.3, 0.4) is 0 Å². The van der Waals surface area contributed by atoms with E-state index in [9.17, 15) is 8.78 Å². The number of benzene rings is 3. The summed E-state index contributed by atoms with van der Waals surface area (Å²) in [7, 11) is 0. The topological polar surface area (TPSA) is 23.8 Å². The van der Waals surface area contributed by atoms with E-state index in [0.29, 0.717) is 0 Å². The Bertz CT molecular complexity index is 1140. The molecule has 3 heteroatoms. The number of halogens is 2. The molecule has 0 heterocycles. The molecule has 0 saturated heterocycles. The predicted octanol–water partition coefficient (Wildman–Crippen LogP) is 7.78. The van der Waals surface area contributed by atoms with Crippen molar-refractivity contribution >= 4 is 0 Å². The molecule has 1 aliphatic carbocycles. The monoisotopic (exact) mass is 415 g/mol. The molecule has 0 fully saturated rings. The lowest BCUT2D eigenvalue weighted by Gasteiger charge is -2.22. The zero-order valence-electron chi connectivity index (χ0n) is 18.0. The van der Waals surface area contributed by atoms with E-state index in [0.717, 1.165) is 65.5 Å². The minimum atomic E-state index is -0.507. The van der Waals surface area contributed by atoms with Gasteiger partial charge in [0.2, 0.25) is 0 Å². The van der Waals surface area contributed by atoms with Crippen molar-refractivity contribution in [3.05, 3.63) is 82.4 Å². The number of nitrogens with zero attached hydrogens (tertiary/aromatic N) is 1. The van der Waals surface area contributed by atoms with Crippen molar-refractivity contribution in [1.82, 2.24) is 0 Å². The summed E-state index contributed by atoms with van der Waals surface area (Å²) < 4.78 is 28.9. The van der Waals surface area contributed by atoms with E-state index in [1.54, 1.807) is 12.1 Å². The Hall–Kier alpha value is -2.99. The zero-order valence-corrected chi connectivity index (χ0v) is 18.0. The molecule has 0 aliphatic heterocycles. The highest BCUT2D eigenvalue weighted by molar-refractivity contribution is 5.77. The van der Waals surface area contributed by atoms with Gasteiger partial charge in [-0.3, -0.25) is 0 Å². The number of rotatable bonds is 7. The molecule has 0 unspecified atom stereocenters. The standard InChI is InChI=1S/C28H27F2N/c1-2-3-4-5-6-7-23-15-22-10-9-21-14-19(12-13-25(21)26(22)17-28(23)30)20-8-11-24(18-31)27(29)16-20/h8,11-17H,2-7,9-10H2,1H3. The van der Waals surface area contributed by atoms with Crippen molar-refractivity contribution in [3.63, 3.8) is 0 Å². The van der Waals surface area contributed by atoms with Gasteiger partial charge in [0.1, 0.15) is 17.7 Å². The fraction of sp³-hybridized carbons (Fsp3) is 0.321. The third-order valence-electron chi connectivity index (χ3n) is 6.30. The van der Waals surface area contributed by atoms with E-state index in [2.05, 4.69) is 19.1 Å². The van der Waals surface area contributed by atoms with E-state index in [4.69, 9.17) is 5.26 Å². The molecule has 3 aromatic rings. The van der Waals surface area contributed by atoms with Gasteiger partial charge < -0.3 is 0 Å². The second-order valence-electron chi connectivity index (χ2n) is 8.44. The molecule has 1 aliphatic rings. The average molecular weight is 416 g/mol. The lowest BCUT2D eigenvalue weighted by atomic mass is 9.83. The Morgan fingerprint density at radius 3 is 2.23 bits per heavy atom. The fourth-order valence-electron chi connectivity index (χ4n) is 4.53. The quantitative estimate of drug-likeness (QED) is 0.361. The summed E-state index contributed by atoms with van der Waals surface area (Å²) >= 11 is 0. The molecular formula is C28H27F2N. The van der Waals surface area contributed by atoms with E-state index in [1.165, 1.54) is 37.0 Å². The van der Waals surface area contributed by atoms with Crippen molar-refractivity contribution in [3.8, 4) is 28.3 Å². The summed E-state index contributed by atoms with van der Waals surface area (Å²) in [4.78, 5) is 0. The number of hydrogen-bond donors (Lipinski definition) is 0. The maximum absolute atomic E-state index is 14.8. The van der Waals surface area contributed by atoms with Gasteiger partial charge in [0, 0.05) is 0 Å².